The van der Waals surface area contributed by atoms with Crippen LogP contribution in [0.3, 0.4) is 0 Å². The predicted octanol–water partition coefficient (Wildman–Crippen LogP) is 6.02. The standard InChI is InChI=1S/C29H28FN3O4S/c1-17-25(18(2)37-32-17)21-15-23-27(31-16-21)26-22(30)9-10-24(38(3,34)35)29(26)33(23)28(19-7-5-4-6-8-19)20-11-13-36-14-12-20/h4-10,15-16,20,28H,11-14H2,1-3H3/t28-/m1/s1. The molecule has 4 heterocycles. The molecule has 196 valence electrons. The predicted molar refractivity (Wildman–Crippen MR) is 143 cm³/mol. The lowest BCUT2D eigenvalue weighted by Crippen LogP contribution is -2.27. The second-order valence-corrected chi connectivity index (χ2v) is 12.0. The molecule has 0 amide bonds. The molecule has 0 unspecified atom stereocenters. The van der Waals surface area contributed by atoms with Crippen molar-refractivity contribution >= 4 is 31.8 Å². The van der Waals surface area contributed by atoms with Gasteiger partial charge in [0.15, 0.2) is 9.84 Å². The third-order valence-electron chi connectivity index (χ3n) is 7.55. The highest BCUT2D eigenvalue weighted by Crippen LogP contribution is 2.43. The number of pyridine rings is 1. The van der Waals surface area contributed by atoms with Crippen molar-refractivity contribution < 1.29 is 22.1 Å². The van der Waals surface area contributed by atoms with Crippen molar-refractivity contribution in [1.29, 1.82) is 0 Å². The van der Waals surface area contributed by atoms with Gasteiger partial charge in [-0.2, -0.15) is 0 Å². The van der Waals surface area contributed by atoms with Crippen LogP contribution in [0.4, 0.5) is 4.39 Å². The Balaban J connectivity index is 1.78. The topological polar surface area (TPSA) is 87.2 Å². The minimum Gasteiger partial charge on any atom is -0.381 e. The molecule has 0 radical (unpaired) electrons. The normalized spacial score (nSPS) is 15.9. The van der Waals surface area contributed by atoms with Crippen LogP contribution >= 0.6 is 0 Å². The van der Waals surface area contributed by atoms with E-state index >= 15 is 4.39 Å². The first kappa shape index (κ1) is 24.8. The number of nitrogens with zero attached hydrogens (tertiary/aromatic N) is 3. The Morgan fingerprint density at radius 2 is 1.82 bits per heavy atom. The fourth-order valence-corrected chi connectivity index (χ4v) is 6.76. The molecule has 5 aromatic rings. The molecule has 6 rings (SSSR count). The quantitative estimate of drug-likeness (QED) is 0.257. The van der Waals surface area contributed by atoms with Crippen LogP contribution in [0.2, 0.25) is 0 Å². The van der Waals surface area contributed by atoms with Gasteiger partial charge < -0.3 is 13.8 Å². The fraction of sp³-hybridized carbons (Fsp3) is 0.310. The van der Waals surface area contributed by atoms with Crippen molar-refractivity contribution in [3.63, 3.8) is 0 Å². The molecule has 3 aromatic heterocycles. The number of benzene rings is 2. The Kier molecular flexibility index (Phi) is 6.07. The molecule has 38 heavy (non-hydrogen) atoms. The van der Waals surface area contributed by atoms with Crippen LogP contribution in [-0.4, -0.2) is 42.6 Å². The van der Waals surface area contributed by atoms with Gasteiger partial charge >= 0.3 is 0 Å². The molecule has 0 bridgehead atoms. The summed E-state index contributed by atoms with van der Waals surface area (Å²) in [5, 5.41) is 4.30. The summed E-state index contributed by atoms with van der Waals surface area (Å²) in [5.74, 6) is 0.286. The number of ether oxygens (including phenoxy) is 1. The van der Waals surface area contributed by atoms with E-state index in [0.717, 1.165) is 41.5 Å². The summed E-state index contributed by atoms with van der Waals surface area (Å²) in [4.78, 5) is 4.81. The van der Waals surface area contributed by atoms with Gasteiger partial charge in [0.25, 0.3) is 0 Å². The molecule has 0 spiro atoms. The highest BCUT2D eigenvalue weighted by molar-refractivity contribution is 7.91. The molecule has 0 aliphatic carbocycles. The van der Waals surface area contributed by atoms with Crippen molar-refractivity contribution in [2.45, 2.75) is 37.6 Å². The maximum Gasteiger partial charge on any atom is 0.177 e. The monoisotopic (exact) mass is 533 g/mol. The van der Waals surface area contributed by atoms with Crippen LogP contribution in [0, 0.1) is 25.6 Å². The van der Waals surface area contributed by atoms with E-state index in [-0.39, 0.29) is 22.2 Å². The van der Waals surface area contributed by atoms with Crippen LogP contribution in [0.15, 0.2) is 64.1 Å². The molecule has 1 saturated heterocycles. The van der Waals surface area contributed by atoms with Crippen LogP contribution in [0.1, 0.15) is 35.9 Å². The van der Waals surface area contributed by atoms with E-state index in [2.05, 4.69) is 5.16 Å². The van der Waals surface area contributed by atoms with Crippen molar-refractivity contribution in [3.05, 3.63) is 77.6 Å². The average Bonchev–Trinajstić information content (AvgIpc) is 3.42. The SMILES string of the molecule is Cc1noc(C)c1-c1cnc2c3c(F)ccc(S(C)(=O)=O)c3n([C@H](c3ccccc3)C3CCOCC3)c2c1. The van der Waals surface area contributed by atoms with Crippen molar-refractivity contribution in [2.75, 3.05) is 19.5 Å². The summed E-state index contributed by atoms with van der Waals surface area (Å²) in [5.41, 5.74) is 4.76. The molecule has 1 atom stereocenters. The number of aromatic nitrogens is 3. The maximum absolute atomic E-state index is 15.6. The van der Waals surface area contributed by atoms with E-state index in [0.29, 0.717) is 35.5 Å². The van der Waals surface area contributed by atoms with E-state index in [1.54, 1.807) is 6.20 Å². The Labute approximate surface area is 220 Å². The van der Waals surface area contributed by atoms with Crippen LogP contribution in [-0.2, 0) is 14.6 Å². The highest BCUT2D eigenvalue weighted by atomic mass is 32.2. The average molecular weight is 534 g/mol. The van der Waals surface area contributed by atoms with E-state index in [9.17, 15) is 8.42 Å². The molecular weight excluding hydrogens is 505 g/mol. The van der Waals surface area contributed by atoms with Gasteiger partial charge in [-0.3, -0.25) is 4.98 Å². The number of rotatable bonds is 5. The lowest BCUT2D eigenvalue weighted by atomic mass is 9.86. The minimum atomic E-state index is -3.69. The molecule has 1 aliphatic rings. The first-order valence-corrected chi connectivity index (χ1v) is 14.5. The van der Waals surface area contributed by atoms with Crippen LogP contribution in [0.5, 0.6) is 0 Å². The molecule has 0 saturated carbocycles. The van der Waals surface area contributed by atoms with Crippen LogP contribution in [0.25, 0.3) is 33.1 Å². The van der Waals surface area contributed by atoms with Gasteiger partial charge in [-0.25, -0.2) is 12.8 Å². The first-order valence-electron chi connectivity index (χ1n) is 12.6. The van der Waals surface area contributed by atoms with Crippen molar-refractivity contribution in [1.82, 2.24) is 14.7 Å². The molecule has 1 fully saturated rings. The van der Waals surface area contributed by atoms with Gasteiger partial charge in [-0.05, 0) is 56.4 Å². The zero-order valence-corrected chi connectivity index (χ0v) is 22.3. The van der Waals surface area contributed by atoms with E-state index < -0.39 is 15.7 Å². The lowest BCUT2D eigenvalue weighted by molar-refractivity contribution is 0.0552. The number of hydrogen-bond acceptors (Lipinski definition) is 6. The van der Waals surface area contributed by atoms with Gasteiger partial charge in [0, 0.05) is 36.8 Å². The summed E-state index contributed by atoms with van der Waals surface area (Å²) in [6, 6.07) is 14.3. The third-order valence-corrected chi connectivity index (χ3v) is 8.68. The maximum atomic E-state index is 15.6. The number of aryl methyl sites for hydroxylation is 2. The van der Waals surface area contributed by atoms with Gasteiger partial charge in [0.1, 0.15) is 11.6 Å². The Morgan fingerprint density at radius 3 is 2.47 bits per heavy atom. The Bertz CT molecular complexity index is 1750. The second kappa shape index (κ2) is 9.32. The molecule has 9 heteroatoms. The summed E-state index contributed by atoms with van der Waals surface area (Å²) in [6.45, 7) is 4.93. The second-order valence-electron chi connectivity index (χ2n) is 10.0. The summed E-state index contributed by atoms with van der Waals surface area (Å²) < 4.78 is 54.8. The zero-order chi connectivity index (χ0) is 26.6. The Hall–Kier alpha value is -3.56. The summed E-state index contributed by atoms with van der Waals surface area (Å²) in [7, 11) is -3.69. The van der Waals surface area contributed by atoms with E-state index in [1.165, 1.54) is 12.1 Å². The zero-order valence-electron chi connectivity index (χ0n) is 21.4. The van der Waals surface area contributed by atoms with E-state index in [4.69, 9.17) is 14.2 Å². The number of fused-ring (bicyclic) bond motifs is 3. The van der Waals surface area contributed by atoms with Crippen molar-refractivity contribution in [2.24, 2.45) is 5.92 Å². The highest BCUT2D eigenvalue weighted by Gasteiger charge is 2.33. The molecule has 2 aromatic carbocycles. The van der Waals surface area contributed by atoms with Gasteiger partial charge in [0.05, 0.1) is 38.6 Å². The van der Waals surface area contributed by atoms with Crippen molar-refractivity contribution in [3.8, 4) is 11.1 Å². The fourth-order valence-electron chi connectivity index (χ4n) is 5.90. The number of sulfone groups is 1. The first-order chi connectivity index (χ1) is 18.3. The minimum absolute atomic E-state index is 0.0822. The summed E-state index contributed by atoms with van der Waals surface area (Å²) in [6.07, 6.45) is 4.43. The third kappa shape index (κ3) is 4.01. The largest absolute Gasteiger partial charge is 0.381 e. The van der Waals surface area contributed by atoms with Crippen LogP contribution < -0.4 is 0 Å². The molecule has 7 nitrogen and oxygen atoms in total. The smallest absolute Gasteiger partial charge is 0.177 e. The van der Waals surface area contributed by atoms with Gasteiger partial charge in [-0.1, -0.05) is 35.5 Å². The lowest BCUT2D eigenvalue weighted by Gasteiger charge is -2.33. The van der Waals surface area contributed by atoms with Gasteiger partial charge in [0.2, 0.25) is 0 Å². The number of hydrogen-bond donors (Lipinski definition) is 0. The van der Waals surface area contributed by atoms with E-state index in [1.807, 2.05) is 54.8 Å². The molecule has 1 aliphatic heterocycles. The summed E-state index contributed by atoms with van der Waals surface area (Å²) >= 11 is 0. The molecule has 0 N–H and O–H groups in total. The Morgan fingerprint density at radius 1 is 1.08 bits per heavy atom. The molecular formula is C29H28FN3O4S. The number of halogens is 1. The van der Waals surface area contributed by atoms with Gasteiger partial charge in [-0.15, -0.1) is 0 Å².